The topological polar surface area (TPSA) is 42.8 Å². The first-order valence-electron chi connectivity index (χ1n) is 6.86. The summed E-state index contributed by atoms with van der Waals surface area (Å²) in [6.45, 7) is 2.90. The Bertz CT molecular complexity index is 835. The van der Waals surface area contributed by atoms with Crippen molar-refractivity contribution in [3.8, 4) is 5.88 Å². The quantitative estimate of drug-likeness (QED) is 0.748. The fourth-order valence-corrected chi connectivity index (χ4v) is 2.73. The van der Waals surface area contributed by atoms with Crippen LogP contribution >= 0.6 is 12.2 Å². The molecule has 4 nitrogen and oxygen atoms in total. The number of nitrogens with one attached hydrogen (secondary N) is 1. The molecule has 0 saturated carbocycles. The number of aromatic amines is 1. The van der Waals surface area contributed by atoms with E-state index in [4.69, 9.17) is 17.0 Å². The lowest BCUT2D eigenvalue weighted by Gasteiger charge is -2.06. The van der Waals surface area contributed by atoms with Crippen molar-refractivity contribution in [2.24, 2.45) is 0 Å². The smallest absolute Gasteiger partial charge is 0.215 e. The predicted molar refractivity (Wildman–Crippen MR) is 86.4 cm³/mol. The summed E-state index contributed by atoms with van der Waals surface area (Å²) in [7, 11) is 1.62. The van der Waals surface area contributed by atoms with Gasteiger partial charge in [0.2, 0.25) is 5.88 Å². The number of H-pyrrole nitrogens is 1. The molecule has 0 bridgehead atoms. The Balaban J connectivity index is 1.92. The molecule has 0 saturated heterocycles. The summed E-state index contributed by atoms with van der Waals surface area (Å²) in [6, 6.07) is 12.3. The molecule has 0 amide bonds. The summed E-state index contributed by atoms with van der Waals surface area (Å²) in [4.78, 5) is 7.67. The summed E-state index contributed by atoms with van der Waals surface area (Å²) >= 11 is 5.40. The number of fused-ring (bicyclic) bond motifs is 1. The third-order valence-corrected chi connectivity index (χ3v) is 3.83. The summed E-state index contributed by atoms with van der Waals surface area (Å²) in [6.07, 6.45) is 0.918. The van der Waals surface area contributed by atoms with E-state index in [-0.39, 0.29) is 0 Å². The highest BCUT2D eigenvalue weighted by molar-refractivity contribution is 7.71. The Hall–Kier alpha value is -2.14. The van der Waals surface area contributed by atoms with Crippen molar-refractivity contribution in [3.05, 3.63) is 52.3 Å². The number of aryl methyl sites for hydroxylation is 3. The average Bonchev–Trinajstić information content (AvgIpc) is 2.79. The van der Waals surface area contributed by atoms with Gasteiger partial charge < -0.3 is 14.3 Å². The fraction of sp³-hybridized carbons (Fsp3) is 0.250. The lowest BCUT2D eigenvalue weighted by atomic mass is 10.1. The van der Waals surface area contributed by atoms with E-state index >= 15 is 0 Å². The number of hydrogen-bond donors (Lipinski definition) is 1. The van der Waals surface area contributed by atoms with Crippen molar-refractivity contribution in [2.45, 2.75) is 19.9 Å². The number of nitrogens with zero attached hydrogens (tertiary/aromatic N) is 2. The third kappa shape index (κ3) is 2.83. The summed E-state index contributed by atoms with van der Waals surface area (Å²) < 4.78 is 7.91. The summed E-state index contributed by atoms with van der Waals surface area (Å²) in [5, 5.41) is 0. The molecular weight excluding hydrogens is 282 g/mol. The minimum Gasteiger partial charge on any atom is -0.481 e. The molecule has 1 N–H and O–H groups in total. The van der Waals surface area contributed by atoms with Gasteiger partial charge in [-0.2, -0.15) is 4.98 Å². The number of pyridine rings is 1. The van der Waals surface area contributed by atoms with Crippen molar-refractivity contribution >= 4 is 23.4 Å². The van der Waals surface area contributed by atoms with Crippen LogP contribution in [0.4, 0.5) is 0 Å². The standard InChI is InChI=1S/C16H17N3OS/c1-11-4-3-5-12(10-11)8-9-19-15-13(17-16(19)21)6-7-14(18-15)20-2/h3-7,10H,8-9H2,1-2H3,(H,17,21). The van der Waals surface area contributed by atoms with E-state index < -0.39 is 0 Å². The minimum absolute atomic E-state index is 0.598. The molecule has 1 aromatic carbocycles. The molecule has 2 aromatic heterocycles. The van der Waals surface area contributed by atoms with E-state index in [2.05, 4.69) is 41.2 Å². The van der Waals surface area contributed by atoms with Crippen LogP contribution in [0.15, 0.2) is 36.4 Å². The van der Waals surface area contributed by atoms with Crippen LogP contribution in [-0.2, 0) is 13.0 Å². The maximum atomic E-state index is 5.40. The molecule has 5 heteroatoms. The number of aromatic nitrogens is 3. The van der Waals surface area contributed by atoms with Gasteiger partial charge in [0.1, 0.15) is 0 Å². The molecule has 21 heavy (non-hydrogen) atoms. The molecule has 3 aromatic rings. The highest BCUT2D eigenvalue weighted by Crippen LogP contribution is 2.17. The van der Waals surface area contributed by atoms with Crippen molar-refractivity contribution in [2.75, 3.05) is 7.11 Å². The van der Waals surface area contributed by atoms with E-state index in [0.717, 1.165) is 24.1 Å². The number of methoxy groups -OCH3 is 1. The van der Waals surface area contributed by atoms with E-state index in [9.17, 15) is 0 Å². The van der Waals surface area contributed by atoms with Crippen LogP contribution < -0.4 is 4.74 Å². The first kappa shape index (κ1) is 13.8. The molecular formula is C16H17N3OS. The van der Waals surface area contributed by atoms with E-state index in [1.54, 1.807) is 7.11 Å². The van der Waals surface area contributed by atoms with Gasteiger partial charge in [0.15, 0.2) is 10.4 Å². The molecule has 0 spiro atoms. The lowest BCUT2D eigenvalue weighted by Crippen LogP contribution is -2.03. The number of benzene rings is 1. The Morgan fingerprint density at radius 1 is 1.29 bits per heavy atom. The predicted octanol–water partition coefficient (Wildman–Crippen LogP) is 3.65. The van der Waals surface area contributed by atoms with Gasteiger partial charge in [-0.25, -0.2) is 0 Å². The second-order valence-electron chi connectivity index (χ2n) is 5.05. The highest BCUT2D eigenvalue weighted by atomic mass is 32.1. The Morgan fingerprint density at radius 2 is 2.14 bits per heavy atom. The van der Waals surface area contributed by atoms with Crippen LogP contribution in [0.3, 0.4) is 0 Å². The van der Waals surface area contributed by atoms with Crippen molar-refractivity contribution < 1.29 is 4.74 Å². The maximum absolute atomic E-state index is 5.40. The number of ether oxygens (including phenoxy) is 1. The van der Waals surface area contributed by atoms with Crippen molar-refractivity contribution in [1.82, 2.24) is 14.5 Å². The van der Waals surface area contributed by atoms with Crippen LogP contribution in [0.25, 0.3) is 11.2 Å². The lowest BCUT2D eigenvalue weighted by molar-refractivity contribution is 0.399. The van der Waals surface area contributed by atoms with E-state index in [0.29, 0.717) is 10.7 Å². The normalized spacial score (nSPS) is 11.0. The van der Waals surface area contributed by atoms with Crippen LogP contribution in [-0.4, -0.2) is 21.6 Å². The second kappa shape index (κ2) is 5.69. The van der Waals surface area contributed by atoms with Crippen LogP contribution in [0.1, 0.15) is 11.1 Å². The van der Waals surface area contributed by atoms with Gasteiger partial charge >= 0.3 is 0 Å². The van der Waals surface area contributed by atoms with E-state index in [1.807, 2.05) is 16.7 Å². The zero-order valence-electron chi connectivity index (χ0n) is 12.1. The van der Waals surface area contributed by atoms with Gasteiger partial charge in [-0.05, 0) is 37.2 Å². The SMILES string of the molecule is COc1ccc2[nH]c(=S)n(CCc3cccc(C)c3)c2n1. The van der Waals surface area contributed by atoms with Gasteiger partial charge in [0.05, 0.1) is 12.6 Å². The van der Waals surface area contributed by atoms with Gasteiger partial charge in [0, 0.05) is 12.6 Å². The highest BCUT2D eigenvalue weighted by Gasteiger charge is 2.07. The number of imidazole rings is 1. The summed E-state index contributed by atoms with van der Waals surface area (Å²) in [5.41, 5.74) is 4.35. The Morgan fingerprint density at radius 3 is 2.90 bits per heavy atom. The molecule has 3 rings (SSSR count). The van der Waals surface area contributed by atoms with Crippen molar-refractivity contribution in [3.63, 3.8) is 0 Å². The molecule has 108 valence electrons. The fourth-order valence-electron chi connectivity index (χ4n) is 2.44. The zero-order chi connectivity index (χ0) is 14.8. The van der Waals surface area contributed by atoms with E-state index in [1.165, 1.54) is 11.1 Å². The Labute approximate surface area is 128 Å². The molecule has 0 atom stereocenters. The minimum atomic E-state index is 0.598. The first-order chi connectivity index (χ1) is 10.2. The van der Waals surface area contributed by atoms with Gasteiger partial charge in [0.25, 0.3) is 0 Å². The number of rotatable bonds is 4. The van der Waals surface area contributed by atoms with Crippen molar-refractivity contribution in [1.29, 1.82) is 0 Å². The van der Waals surface area contributed by atoms with Crippen LogP contribution in [0, 0.1) is 11.7 Å². The zero-order valence-corrected chi connectivity index (χ0v) is 12.9. The molecule has 0 aliphatic rings. The second-order valence-corrected chi connectivity index (χ2v) is 5.43. The Kier molecular flexibility index (Phi) is 3.75. The average molecular weight is 299 g/mol. The first-order valence-corrected chi connectivity index (χ1v) is 7.27. The van der Waals surface area contributed by atoms with Crippen LogP contribution in [0.5, 0.6) is 5.88 Å². The van der Waals surface area contributed by atoms with Gasteiger partial charge in [-0.15, -0.1) is 0 Å². The largest absolute Gasteiger partial charge is 0.481 e. The molecule has 0 radical (unpaired) electrons. The molecule has 2 heterocycles. The molecule has 0 fully saturated rings. The monoisotopic (exact) mass is 299 g/mol. The van der Waals surface area contributed by atoms with Crippen LogP contribution in [0.2, 0.25) is 0 Å². The third-order valence-electron chi connectivity index (χ3n) is 3.51. The number of hydrogen-bond acceptors (Lipinski definition) is 3. The van der Waals surface area contributed by atoms with Gasteiger partial charge in [-0.3, -0.25) is 0 Å². The molecule has 0 unspecified atom stereocenters. The molecule has 0 aliphatic carbocycles. The molecule has 0 aliphatic heterocycles. The van der Waals surface area contributed by atoms with Gasteiger partial charge in [-0.1, -0.05) is 29.8 Å². The summed E-state index contributed by atoms with van der Waals surface area (Å²) in [5.74, 6) is 0.598. The maximum Gasteiger partial charge on any atom is 0.215 e.